The average molecular weight is 417 g/mol. The number of carbonyl (C=O) groups excluding carboxylic acids is 1. The van der Waals surface area contributed by atoms with Crippen molar-refractivity contribution in [1.82, 2.24) is 0 Å². The van der Waals surface area contributed by atoms with Crippen molar-refractivity contribution in [3.05, 3.63) is 40.5 Å². The zero-order valence-corrected chi connectivity index (χ0v) is 15.0. The van der Waals surface area contributed by atoms with Gasteiger partial charge in [-0.2, -0.15) is 13.2 Å². The molecule has 26 heavy (non-hydrogen) atoms. The van der Waals surface area contributed by atoms with Crippen LogP contribution < -0.4 is 4.72 Å². The number of allylic oxidation sites excluding steroid dienone is 1. The second-order valence-corrected chi connectivity index (χ2v) is 8.80. The summed E-state index contributed by atoms with van der Waals surface area (Å²) in [5, 5.41) is 9.00. The highest BCUT2D eigenvalue weighted by Crippen LogP contribution is 2.28. The van der Waals surface area contributed by atoms with E-state index in [9.17, 15) is 34.8 Å². The van der Waals surface area contributed by atoms with Crippen LogP contribution in [-0.2, 0) is 36.0 Å². The van der Waals surface area contributed by atoms with E-state index in [1.807, 2.05) is 0 Å². The zero-order chi connectivity index (χ0) is 20.3. The van der Waals surface area contributed by atoms with Crippen molar-refractivity contribution >= 4 is 31.5 Å². The summed E-state index contributed by atoms with van der Waals surface area (Å²) >= 11 is 0. The number of hydrogen-bond acceptors (Lipinski definition) is 7. The Morgan fingerprint density at radius 1 is 1.12 bits per heavy atom. The molecule has 0 aromatic heterocycles. The maximum absolute atomic E-state index is 12.5. The first-order chi connectivity index (χ1) is 11.6. The van der Waals surface area contributed by atoms with Gasteiger partial charge in [-0.3, -0.25) is 4.72 Å². The maximum atomic E-state index is 12.5. The van der Waals surface area contributed by atoms with Gasteiger partial charge in [0.2, 0.25) is 15.8 Å². The lowest BCUT2D eigenvalue weighted by molar-refractivity contribution is -0.143. The third kappa shape index (κ3) is 6.55. The van der Waals surface area contributed by atoms with Crippen molar-refractivity contribution in [3.63, 3.8) is 0 Å². The van der Waals surface area contributed by atoms with Crippen molar-refractivity contribution in [2.75, 3.05) is 17.2 Å². The summed E-state index contributed by atoms with van der Waals surface area (Å²) in [7, 11) is -8.23. The first-order valence-corrected chi connectivity index (χ1v) is 10.3. The van der Waals surface area contributed by atoms with Gasteiger partial charge in [-0.1, -0.05) is 12.1 Å². The lowest BCUT2D eigenvalue weighted by Crippen LogP contribution is -2.24. The van der Waals surface area contributed by atoms with Crippen LogP contribution in [0.5, 0.6) is 0 Å². The molecule has 1 aromatic carbocycles. The summed E-state index contributed by atoms with van der Waals surface area (Å²) in [5.41, 5.74) is 0.422. The molecule has 0 radical (unpaired) electrons. The molecule has 0 saturated heterocycles. The number of sulfone groups is 1. The van der Waals surface area contributed by atoms with Crippen molar-refractivity contribution in [2.24, 2.45) is 0 Å². The van der Waals surface area contributed by atoms with E-state index in [1.54, 1.807) is 0 Å². The molecule has 13 heteroatoms. The molecule has 0 heterocycles. The Bertz CT molecular complexity index is 917. The first-order valence-electron chi connectivity index (χ1n) is 6.55. The molecule has 0 unspecified atom stereocenters. The lowest BCUT2D eigenvalue weighted by atomic mass is 10.2. The van der Waals surface area contributed by atoms with Gasteiger partial charge in [0.05, 0.1) is 6.26 Å². The summed E-state index contributed by atoms with van der Waals surface area (Å²) in [5.74, 6) is -4.45. The Kier molecular flexibility index (Phi) is 6.31. The Labute approximate surface area is 147 Å². The number of halogens is 3. The van der Waals surface area contributed by atoms with Crippen LogP contribution in [0.4, 0.5) is 18.9 Å². The van der Waals surface area contributed by atoms with Crippen LogP contribution in [-0.4, -0.2) is 46.6 Å². The number of rotatable bonds is 6. The third-order valence-electron chi connectivity index (χ3n) is 2.67. The van der Waals surface area contributed by atoms with Gasteiger partial charge in [-0.15, -0.1) is 0 Å². The highest BCUT2D eigenvalue weighted by molar-refractivity contribution is 7.95. The van der Waals surface area contributed by atoms with E-state index in [1.165, 1.54) is 24.3 Å². The number of carbonyl (C=O) groups is 1. The number of ether oxygens (including phenoxy) is 1. The van der Waals surface area contributed by atoms with Crippen LogP contribution in [0.15, 0.2) is 34.9 Å². The summed E-state index contributed by atoms with van der Waals surface area (Å²) in [6, 6.07) is 5.19. The van der Waals surface area contributed by atoms with Gasteiger partial charge in [-0.25, -0.2) is 21.6 Å². The molecule has 0 fully saturated rings. The fourth-order valence-corrected chi connectivity index (χ4v) is 3.04. The summed E-state index contributed by atoms with van der Waals surface area (Å²) in [4.78, 5) is 9.79. The van der Waals surface area contributed by atoms with E-state index in [4.69, 9.17) is 5.11 Å². The topological polar surface area (TPSA) is 127 Å². The van der Waals surface area contributed by atoms with Gasteiger partial charge in [0, 0.05) is 11.9 Å². The van der Waals surface area contributed by atoms with E-state index in [0.29, 0.717) is 6.26 Å². The predicted octanol–water partition coefficient (Wildman–Crippen LogP) is 1.48. The highest BCUT2D eigenvalue weighted by atomic mass is 32.2. The smallest absolute Gasteiger partial charge is 0.450 e. The van der Waals surface area contributed by atoms with E-state index >= 15 is 0 Å². The minimum atomic E-state index is -5.45. The number of nitrogens with one attached hydrogen (secondary N) is 1. The Morgan fingerprint density at radius 3 is 2.00 bits per heavy atom. The Balaban J connectivity index is 2.96. The minimum absolute atomic E-state index is 0.189. The van der Waals surface area contributed by atoms with Gasteiger partial charge in [0.15, 0.2) is 14.7 Å². The number of aliphatic hydroxyl groups excluding tert-OH is 1. The SMILES string of the molecule is CS(=O)(=O)Nc1ccc(COC(=O)/C(=C(\O)C(F)(F)F)S(C)(=O)=O)cc1. The van der Waals surface area contributed by atoms with Gasteiger partial charge in [-0.05, 0) is 17.7 Å². The molecule has 0 bridgehead atoms. The average Bonchev–Trinajstić information content (AvgIpc) is 2.42. The van der Waals surface area contributed by atoms with Crippen LogP contribution in [0.1, 0.15) is 5.56 Å². The molecule has 0 spiro atoms. The molecule has 2 N–H and O–H groups in total. The molecule has 0 aliphatic heterocycles. The van der Waals surface area contributed by atoms with Crippen LogP contribution in [0.25, 0.3) is 0 Å². The second-order valence-electron chi connectivity index (χ2n) is 5.09. The second kappa shape index (κ2) is 7.53. The normalized spacial score (nSPS) is 13.7. The fraction of sp³-hybridized carbons (Fsp3) is 0.308. The molecule has 8 nitrogen and oxygen atoms in total. The summed E-state index contributed by atoms with van der Waals surface area (Å²) in [6.45, 7) is -0.609. The quantitative estimate of drug-likeness (QED) is 0.408. The monoisotopic (exact) mass is 417 g/mol. The molecule has 1 aromatic rings. The number of benzene rings is 1. The summed E-state index contributed by atoms with van der Waals surface area (Å²) < 4.78 is 89.0. The Morgan fingerprint density at radius 2 is 1.62 bits per heavy atom. The van der Waals surface area contributed by atoms with Crippen LogP contribution in [0.2, 0.25) is 0 Å². The maximum Gasteiger partial charge on any atom is 0.450 e. The van der Waals surface area contributed by atoms with Crippen molar-refractivity contribution in [1.29, 1.82) is 0 Å². The van der Waals surface area contributed by atoms with E-state index < -0.39 is 49.3 Å². The summed E-state index contributed by atoms with van der Waals surface area (Å²) in [6.07, 6.45) is -4.21. The molecule has 0 atom stereocenters. The number of sulfonamides is 1. The molecule has 146 valence electrons. The Hall–Kier alpha value is -2.28. The number of anilines is 1. The first kappa shape index (κ1) is 21.8. The van der Waals surface area contributed by atoms with E-state index in [-0.39, 0.29) is 11.3 Å². The molecular weight excluding hydrogens is 403 g/mol. The highest BCUT2D eigenvalue weighted by Gasteiger charge is 2.42. The molecule has 0 amide bonds. The number of alkyl halides is 3. The van der Waals surface area contributed by atoms with Gasteiger partial charge < -0.3 is 9.84 Å². The van der Waals surface area contributed by atoms with Crippen LogP contribution >= 0.6 is 0 Å². The molecule has 0 aliphatic carbocycles. The molecule has 0 saturated carbocycles. The lowest BCUT2D eigenvalue weighted by Gasteiger charge is -2.12. The number of hydrogen-bond donors (Lipinski definition) is 2. The van der Waals surface area contributed by atoms with Crippen molar-refractivity contribution in [2.45, 2.75) is 12.8 Å². The third-order valence-corrected chi connectivity index (χ3v) is 4.37. The van der Waals surface area contributed by atoms with Gasteiger partial charge in [0.25, 0.3) is 0 Å². The van der Waals surface area contributed by atoms with E-state index in [2.05, 4.69) is 9.46 Å². The molecular formula is C13H14F3NO7S2. The largest absolute Gasteiger partial charge is 0.503 e. The standard InChI is InChI=1S/C13H14F3NO7S2/c1-25(20,21)10(11(18)13(14,15)16)12(19)24-7-8-3-5-9(6-4-8)17-26(2,22)23/h3-6,17-18H,7H2,1-2H3/b11-10+. The number of aliphatic hydroxyl groups is 1. The predicted molar refractivity (Wildman–Crippen MR) is 85.3 cm³/mol. The zero-order valence-electron chi connectivity index (χ0n) is 13.4. The molecule has 1 rings (SSSR count). The van der Waals surface area contributed by atoms with Crippen LogP contribution in [0, 0.1) is 0 Å². The van der Waals surface area contributed by atoms with Gasteiger partial charge in [0.1, 0.15) is 6.61 Å². The van der Waals surface area contributed by atoms with Gasteiger partial charge >= 0.3 is 12.1 Å². The molecule has 0 aliphatic rings. The van der Waals surface area contributed by atoms with Crippen molar-refractivity contribution in [3.8, 4) is 0 Å². The van der Waals surface area contributed by atoms with Crippen LogP contribution in [0.3, 0.4) is 0 Å². The fourth-order valence-electron chi connectivity index (χ4n) is 1.65. The number of esters is 1. The van der Waals surface area contributed by atoms with E-state index in [0.717, 1.165) is 6.26 Å². The van der Waals surface area contributed by atoms with Crippen molar-refractivity contribution < 1.29 is 44.6 Å². The minimum Gasteiger partial charge on any atom is -0.503 e.